The zero-order valence-corrected chi connectivity index (χ0v) is 10.2. The van der Waals surface area contributed by atoms with Crippen molar-refractivity contribution in [2.75, 3.05) is 13.2 Å². The van der Waals surface area contributed by atoms with Gasteiger partial charge in [0.1, 0.15) is 5.56 Å². The molecule has 94 valence electrons. The van der Waals surface area contributed by atoms with Crippen LogP contribution < -0.4 is 0 Å². The number of esters is 1. The number of ether oxygens (including phenoxy) is 1. The monoisotopic (exact) mass is 238 g/mol. The number of aliphatic hydroxyl groups excluding tert-OH is 1. The smallest absolute Gasteiger partial charge is 0.341 e. The molecule has 0 radical (unpaired) electrons. The molecule has 1 heterocycles. The van der Waals surface area contributed by atoms with Crippen LogP contribution in [-0.2, 0) is 11.3 Å². The third-order valence-corrected chi connectivity index (χ3v) is 2.16. The fraction of sp³-hybridized carbons (Fsp3) is 0.500. The Morgan fingerprint density at radius 1 is 1.65 bits per heavy atom. The van der Waals surface area contributed by atoms with E-state index in [9.17, 15) is 4.79 Å². The lowest BCUT2D eigenvalue weighted by atomic mass is 10.2. The summed E-state index contributed by atoms with van der Waals surface area (Å²) in [5.74, 6) is -0.365. The predicted molar refractivity (Wildman–Crippen MR) is 64.6 cm³/mol. The van der Waals surface area contributed by atoms with Gasteiger partial charge in [0.25, 0.3) is 0 Å². The van der Waals surface area contributed by atoms with Crippen molar-refractivity contribution in [1.29, 1.82) is 0 Å². The Bertz CT molecular complexity index is 396. The number of hydrogen-bond donors (Lipinski definition) is 1. The molecule has 0 amide bonds. The molecule has 1 aromatic heterocycles. The molecule has 0 unspecified atom stereocenters. The van der Waals surface area contributed by atoms with Gasteiger partial charge in [0.2, 0.25) is 0 Å². The summed E-state index contributed by atoms with van der Waals surface area (Å²) in [6.45, 7) is 4.66. The van der Waals surface area contributed by atoms with Gasteiger partial charge in [0, 0.05) is 19.3 Å². The number of allylic oxidation sites excluding steroid dienone is 1. The number of rotatable bonds is 6. The van der Waals surface area contributed by atoms with Crippen molar-refractivity contribution in [3.8, 4) is 0 Å². The zero-order chi connectivity index (χ0) is 12.7. The van der Waals surface area contributed by atoms with E-state index < -0.39 is 0 Å². The van der Waals surface area contributed by atoms with E-state index in [0.29, 0.717) is 30.8 Å². The van der Waals surface area contributed by atoms with Gasteiger partial charge in [-0.25, -0.2) is 4.79 Å². The quantitative estimate of drug-likeness (QED) is 0.762. The van der Waals surface area contributed by atoms with E-state index in [1.54, 1.807) is 23.9 Å². The third-order valence-electron chi connectivity index (χ3n) is 2.16. The third kappa shape index (κ3) is 3.71. The molecule has 0 aromatic carbocycles. The van der Waals surface area contributed by atoms with Crippen LogP contribution in [-0.4, -0.2) is 34.1 Å². The number of hydrogen-bond acceptors (Lipinski definition) is 4. The minimum Gasteiger partial charge on any atom is -0.462 e. The second kappa shape index (κ2) is 6.85. The molecule has 0 bridgehead atoms. The summed E-state index contributed by atoms with van der Waals surface area (Å²) in [4.78, 5) is 11.7. The molecule has 17 heavy (non-hydrogen) atoms. The van der Waals surface area contributed by atoms with Gasteiger partial charge in [-0.05, 0) is 26.3 Å². The molecule has 0 aliphatic rings. The van der Waals surface area contributed by atoms with Crippen LogP contribution in [0.5, 0.6) is 0 Å². The average molecular weight is 238 g/mol. The number of aromatic nitrogens is 2. The zero-order valence-electron chi connectivity index (χ0n) is 10.2. The van der Waals surface area contributed by atoms with E-state index >= 15 is 0 Å². The topological polar surface area (TPSA) is 64.3 Å². The summed E-state index contributed by atoms with van der Waals surface area (Å²) in [5.41, 5.74) is 1.06. The standard InChI is InChI=1S/C12H18N2O3/c1-3-6-11-10(12(16)17-4-2)9-14(13-11)7-5-8-15/h3,6,9,15H,4-5,7-8H2,1-2H3. The maximum atomic E-state index is 11.7. The molecular formula is C12H18N2O3. The second-order valence-electron chi connectivity index (χ2n) is 3.49. The van der Waals surface area contributed by atoms with Crippen molar-refractivity contribution in [2.24, 2.45) is 0 Å². The second-order valence-corrected chi connectivity index (χ2v) is 3.49. The van der Waals surface area contributed by atoms with Gasteiger partial charge >= 0.3 is 5.97 Å². The molecule has 0 aliphatic heterocycles. The van der Waals surface area contributed by atoms with Crippen LogP contribution in [0.3, 0.4) is 0 Å². The number of carbonyl (C=O) groups is 1. The Balaban J connectivity index is 2.92. The highest BCUT2D eigenvalue weighted by atomic mass is 16.5. The van der Waals surface area contributed by atoms with E-state index in [0.717, 1.165) is 0 Å². The minimum atomic E-state index is -0.365. The molecule has 0 aliphatic carbocycles. The van der Waals surface area contributed by atoms with Crippen molar-refractivity contribution >= 4 is 12.0 Å². The van der Waals surface area contributed by atoms with Crippen LogP contribution >= 0.6 is 0 Å². The van der Waals surface area contributed by atoms with Crippen molar-refractivity contribution in [3.63, 3.8) is 0 Å². The molecule has 0 atom stereocenters. The summed E-state index contributed by atoms with van der Waals surface area (Å²) in [6, 6.07) is 0. The predicted octanol–water partition coefficient (Wildman–Crippen LogP) is 1.48. The average Bonchev–Trinajstić information content (AvgIpc) is 2.70. The lowest BCUT2D eigenvalue weighted by Crippen LogP contribution is -2.05. The first kappa shape index (κ1) is 13.4. The highest BCUT2D eigenvalue weighted by Gasteiger charge is 2.15. The molecule has 0 fully saturated rings. The summed E-state index contributed by atoms with van der Waals surface area (Å²) in [7, 11) is 0. The molecule has 0 saturated heterocycles. The summed E-state index contributed by atoms with van der Waals surface area (Å²) >= 11 is 0. The summed E-state index contributed by atoms with van der Waals surface area (Å²) in [5, 5.41) is 13.0. The molecule has 0 saturated carbocycles. The number of aliphatic hydroxyl groups is 1. The van der Waals surface area contributed by atoms with E-state index in [-0.39, 0.29) is 12.6 Å². The van der Waals surface area contributed by atoms with Crippen molar-refractivity contribution in [3.05, 3.63) is 23.5 Å². The van der Waals surface area contributed by atoms with Gasteiger partial charge in [-0.15, -0.1) is 0 Å². The van der Waals surface area contributed by atoms with Gasteiger partial charge in [0.15, 0.2) is 0 Å². The Morgan fingerprint density at radius 2 is 2.41 bits per heavy atom. The Hall–Kier alpha value is -1.62. The molecule has 5 heteroatoms. The van der Waals surface area contributed by atoms with E-state index in [1.807, 2.05) is 13.0 Å². The van der Waals surface area contributed by atoms with Crippen LogP contribution in [0.4, 0.5) is 0 Å². The number of aryl methyl sites for hydroxylation is 1. The van der Waals surface area contributed by atoms with Gasteiger partial charge in [-0.2, -0.15) is 5.10 Å². The minimum absolute atomic E-state index is 0.105. The maximum absolute atomic E-state index is 11.7. The highest BCUT2D eigenvalue weighted by Crippen LogP contribution is 2.11. The normalized spacial score (nSPS) is 11.0. The maximum Gasteiger partial charge on any atom is 0.341 e. The SMILES string of the molecule is CC=Cc1nn(CCCO)cc1C(=O)OCC. The van der Waals surface area contributed by atoms with E-state index in [1.165, 1.54) is 0 Å². The molecule has 1 N–H and O–H groups in total. The van der Waals surface area contributed by atoms with Crippen LogP contribution in [0.15, 0.2) is 12.3 Å². The van der Waals surface area contributed by atoms with Gasteiger partial charge < -0.3 is 9.84 Å². The van der Waals surface area contributed by atoms with Crippen LogP contribution in [0.2, 0.25) is 0 Å². The Labute approximate surface area is 101 Å². The molecule has 0 spiro atoms. The van der Waals surface area contributed by atoms with Crippen LogP contribution in [0.1, 0.15) is 36.3 Å². The van der Waals surface area contributed by atoms with Crippen LogP contribution in [0, 0.1) is 0 Å². The van der Waals surface area contributed by atoms with Gasteiger partial charge in [0.05, 0.1) is 12.3 Å². The van der Waals surface area contributed by atoms with Crippen molar-refractivity contribution in [1.82, 2.24) is 9.78 Å². The first-order valence-electron chi connectivity index (χ1n) is 5.71. The van der Waals surface area contributed by atoms with Crippen molar-refractivity contribution < 1.29 is 14.6 Å². The van der Waals surface area contributed by atoms with E-state index in [2.05, 4.69) is 5.10 Å². The summed E-state index contributed by atoms with van der Waals surface area (Å²) in [6.07, 6.45) is 5.85. The molecule has 1 rings (SSSR count). The molecule has 5 nitrogen and oxygen atoms in total. The van der Waals surface area contributed by atoms with Gasteiger partial charge in [-0.3, -0.25) is 4.68 Å². The molecule has 1 aromatic rings. The number of nitrogens with zero attached hydrogens (tertiary/aromatic N) is 2. The first-order chi connectivity index (χ1) is 8.22. The van der Waals surface area contributed by atoms with E-state index in [4.69, 9.17) is 9.84 Å². The fourth-order valence-electron chi connectivity index (χ4n) is 1.43. The van der Waals surface area contributed by atoms with Crippen molar-refractivity contribution in [2.45, 2.75) is 26.8 Å². The number of carbonyl (C=O) groups excluding carboxylic acids is 1. The van der Waals surface area contributed by atoms with Crippen LogP contribution in [0.25, 0.3) is 6.08 Å². The lowest BCUT2D eigenvalue weighted by molar-refractivity contribution is 0.0526. The molecular weight excluding hydrogens is 220 g/mol. The Kier molecular flexibility index (Phi) is 5.42. The largest absolute Gasteiger partial charge is 0.462 e. The summed E-state index contributed by atoms with van der Waals surface area (Å²) < 4.78 is 6.61. The Morgan fingerprint density at radius 3 is 3.00 bits per heavy atom. The first-order valence-corrected chi connectivity index (χ1v) is 5.71. The fourth-order valence-corrected chi connectivity index (χ4v) is 1.43. The lowest BCUT2D eigenvalue weighted by Gasteiger charge is -1.98. The van der Waals surface area contributed by atoms with Gasteiger partial charge in [-0.1, -0.05) is 6.08 Å². The highest BCUT2D eigenvalue weighted by molar-refractivity contribution is 5.92.